The second-order valence-corrected chi connectivity index (χ2v) is 8.14. The van der Waals surface area contributed by atoms with Crippen molar-refractivity contribution >= 4 is 15.7 Å². The highest BCUT2D eigenvalue weighted by Gasteiger charge is 2.45. The Morgan fingerprint density at radius 1 is 1.30 bits per heavy atom. The van der Waals surface area contributed by atoms with Gasteiger partial charge in [-0.1, -0.05) is 12.1 Å². The highest BCUT2D eigenvalue weighted by molar-refractivity contribution is 7.91. The molecule has 1 amide bonds. The van der Waals surface area contributed by atoms with E-state index in [-0.39, 0.29) is 29.6 Å². The Kier molecular flexibility index (Phi) is 4.59. The number of carbonyl (C=O) groups excluding carboxylic acids is 1. The molecule has 1 aromatic carbocycles. The first kappa shape index (κ1) is 16.3. The van der Waals surface area contributed by atoms with E-state index in [2.05, 4.69) is 0 Å². The van der Waals surface area contributed by atoms with Crippen LogP contribution in [0.4, 0.5) is 0 Å². The molecule has 3 rings (SSSR count). The molecule has 0 radical (unpaired) electrons. The number of amides is 1. The first-order valence-corrected chi connectivity index (χ1v) is 9.55. The molecule has 6 nitrogen and oxygen atoms in total. The van der Waals surface area contributed by atoms with E-state index in [1.54, 1.807) is 12.0 Å². The number of nitrogens with zero attached hydrogens (tertiary/aromatic N) is 1. The molecule has 0 bridgehead atoms. The molecule has 0 aliphatic carbocycles. The summed E-state index contributed by atoms with van der Waals surface area (Å²) in [6, 6.07) is 7.29. The van der Waals surface area contributed by atoms with Gasteiger partial charge in [0.05, 0.1) is 37.4 Å². The Morgan fingerprint density at radius 3 is 2.74 bits per heavy atom. The summed E-state index contributed by atoms with van der Waals surface area (Å²) in [6.07, 6.45) is 0.638. The lowest BCUT2D eigenvalue weighted by atomic mass is 10.1. The fourth-order valence-electron chi connectivity index (χ4n) is 3.21. The summed E-state index contributed by atoms with van der Waals surface area (Å²) in [5.74, 6) is 0.828. The highest BCUT2D eigenvalue weighted by atomic mass is 32.2. The summed E-state index contributed by atoms with van der Waals surface area (Å²) in [4.78, 5) is 14.2. The van der Waals surface area contributed by atoms with Gasteiger partial charge in [-0.25, -0.2) is 8.42 Å². The van der Waals surface area contributed by atoms with Crippen molar-refractivity contribution in [3.8, 4) is 5.75 Å². The van der Waals surface area contributed by atoms with Crippen LogP contribution in [-0.4, -0.2) is 63.1 Å². The summed E-state index contributed by atoms with van der Waals surface area (Å²) in [6.45, 7) is 0.878. The van der Waals surface area contributed by atoms with Crippen LogP contribution in [-0.2, 0) is 25.8 Å². The quantitative estimate of drug-likeness (QED) is 0.805. The number of aryl methyl sites for hydroxylation is 1. The number of sulfone groups is 1. The third-order valence-corrected chi connectivity index (χ3v) is 6.13. The van der Waals surface area contributed by atoms with E-state index in [0.29, 0.717) is 26.0 Å². The summed E-state index contributed by atoms with van der Waals surface area (Å²) < 4.78 is 34.2. The number of fused-ring (bicyclic) bond motifs is 1. The van der Waals surface area contributed by atoms with Crippen molar-refractivity contribution in [1.29, 1.82) is 0 Å². The molecular formula is C16H21NO5S. The fraction of sp³-hybridized carbons (Fsp3) is 0.562. The third-order valence-electron chi connectivity index (χ3n) is 4.44. The van der Waals surface area contributed by atoms with Crippen LogP contribution in [0.5, 0.6) is 5.75 Å². The number of hydrogen-bond acceptors (Lipinski definition) is 5. The van der Waals surface area contributed by atoms with Gasteiger partial charge >= 0.3 is 0 Å². The summed E-state index contributed by atoms with van der Waals surface area (Å²) in [5, 5.41) is 0. The standard InChI is InChI=1S/C16H21NO5S/c1-21-13-5-2-12(3-6-13)4-7-16(18)17-8-9-22-15-11-23(19,20)10-14(15)17/h2-3,5-6,14-15H,4,7-11H2,1H3. The number of rotatable bonds is 4. The minimum absolute atomic E-state index is 0.00350. The van der Waals surface area contributed by atoms with E-state index in [0.717, 1.165) is 11.3 Å². The molecule has 2 heterocycles. The van der Waals surface area contributed by atoms with Crippen molar-refractivity contribution in [2.24, 2.45) is 0 Å². The molecule has 0 saturated carbocycles. The fourth-order valence-corrected chi connectivity index (χ4v) is 5.08. The predicted octanol–water partition coefficient (Wildman–Crippen LogP) is 0.652. The topological polar surface area (TPSA) is 72.9 Å². The van der Waals surface area contributed by atoms with E-state index in [1.165, 1.54) is 0 Å². The molecule has 0 N–H and O–H groups in total. The zero-order valence-corrected chi connectivity index (χ0v) is 13.9. The molecule has 2 aliphatic heterocycles. The first-order valence-electron chi connectivity index (χ1n) is 7.73. The van der Waals surface area contributed by atoms with Gasteiger partial charge in [0, 0.05) is 13.0 Å². The second kappa shape index (κ2) is 6.49. The van der Waals surface area contributed by atoms with Gasteiger partial charge in [0.25, 0.3) is 0 Å². The van der Waals surface area contributed by atoms with Crippen LogP contribution in [0.15, 0.2) is 24.3 Å². The molecule has 23 heavy (non-hydrogen) atoms. The van der Waals surface area contributed by atoms with Crippen LogP contribution in [0, 0.1) is 0 Å². The summed E-state index contributed by atoms with van der Waals surface area (Å²) in [5.41, 5.74) is 1.06. The van der Waals surface area contributed by atoms with Gasteiger partial charge in [-0.05, 0) is 24.1 Å². The van der Waals surface area contributed by atoms with Crippen molar-refractivity contribution in [3.63, 3.8) is 0 Å². The van der Waals surface area contributed by atoms with Gasteiger partial charge in [0.15, 0.2) is 9.84 Å². The SMILES string of the molecule is COc1ccc(CCC(=O)N2CCOC3CS(=O)(=O)CC32)cc1. The van der Waals surface area contributed by atoms with Crippen LogP contribution in [0.2, 0.25) is 0 Å². The summed E-state index contributed by atoms with van der Waals surface area (Å²) in [7, 11) is -1.49. The smallest absolute Gasteiger partial charge is 0.223 e. The molecule has 2 fully saturated rings. The van der Waals surface area contributed by atoms with E-state index >= 15 is 0 Å². The molecule has 2 aliphatic rings. The molecule has 1 aromatic rings. The molecule has 2 unspecified atom stereocenters. The lowest BCUT2D eigenvalue weighted by Crippen LogP contribution is -2.53. The zero-order chi connectivity index (χ0) is 16.4. The average molecular weight is 339 g/mol. The molecule has 2 saturated heterocycles. The van der Waals surface area contributed by atoms with E-state index < -0.39 is 9.84 Å². The molecule has 2 atom stereocenters. The third kappa shape index (κ3) is 3.67. The van der Waals surface area contributed by atoms with E-state index in [9.17, 15) is 13.2 Å². The monoisotopic (exact) mass is 339 g/mol. The van der Waals surface area contributed by atoms with Crippen molar-refractivity contribution < 1.29 is 22.7 Å². The Hall–Kier alpha value is -1.60. The molecular weight excluding hydrogens is 318 g/mol. The van der Waals surface area contributed by atoms with Crippen LogP contribution < -0.4 is 4.74 Å². The first-order chi connectivity index (χ1) is 11.0. The van der Waals surface area contributed by atoms with Gasteiger partial charge in [0.2, 0.25) is 5.91 Å². The maximum atomic E-state index is 12.5. The average Bonchev–Trinajstić information content (AvgIpc) is 2.86. The van der Waals surface area contributed by atoms with Gasteiger partial charge in [-0.15, -0.1) is 0 Å². The molecule has 126 valence electrons. The largest absolute Gasteiger partial charge is 0.497 e. The maximum absolute atomic E-state index is 12.5. The van der Waals surface area contributed by atoms with Crippen molar-refractivity contribution in [2.75, 3.05) is 31.8 Å². The number of hydrogen-bond donors (Lipinski definition) is 0. The van der Waals surface area contributed by atoms with Crippen LogP contribution in [0.1, 0.15) is 12.0 Å². The van der Waals surface area contributed by atoms with Gasteiger partial charge < -0.3 is 14.4 Å². The summed E-state index contributed by atoms with van der Waals surface area (Å²) >= 11 is 0. The minimum atomic E-state index is -3.10. The maximum Gasteiger partial charge on any atom is 0.223 e. The van der Waals surface area contributed by atoms with Crippen molar-refractivity contribution in [1.82, 2.24) is 4.90 Å². The van der Waals surface area contributed by atoms with E-state index in [1.807, 2.05) is 24.3 Å². The number of methoxy groups -OCH3 is 1. The number of carbonyl (C=O) groups is 1. The second-order valence-electron chi connectivity index (χ2n) is 5.99. The molecule has 7 heteroatoms. The predicted molar refractivity (Wildman–Crippen MR) is 85.2 cm³/mol. The Labute approximate surface area is 136 Å². The molecule has 0 aromatic heterocycles. The van der Waals surface area contributed by atoms with Crippen molar-refractivity contribution in [3.05, 3.63) is 29.8 Å². The number of ether oxygens (including phenoxy) is 2. The van der Waals surface area contributed by atoms with Crippen LogP contribution in [0.25, 0.3) is 0 Å². The van der Waals surface area contributed by atoms with Gasteiger partial charge in [-0.3, -0.25) is 4.79 Å². The number of morpholine rings is 1. The Morgan fingerprint density at radius 2 is 2.04 bits per heavy atom. The van der Waals surface area contributed by atoms with E-state index in [4.69, 9.17) is 9.47 Å². The normalized spacial score (nSPS) is 25.9. The van der Waals surface area contributed by atoms with Crippen LogP contribution >= 0.6 is 0 Å². The van der Waals surface area contributed by atoms with Gasteiger partial charge in [-0.2, -0.15) is 0 Å². The Bertz CT molecular complexity index is 670. The highest BCUT2D eigenvalue weighted by Crippen LogP contribution is 2.25. The Balaban J connectivity index is 1.61. The minimum Gasteiger partial charge on any atom is -0.497 e. The molecule has 0 spiro atoms. The number of benzene rings is 1. The van der Waals surface area contributed by atoms with Gasteiger partial charge in [0.1, 0.15) is 5.75 Å². The van der Waals surface area contributed by atoms with Crippen molar-refractivity contribution in [2.45, 2.75) is 25.0 Å². The lowest BCUT2D eigenvalue weighted by Gasteiger charge is -2.36. The van der Waals surface area contributed by atoms with Crippen LogP contribution in [0.3, 0.4) is 0 Å². The zero-order valence-electron chi connectivity index (χ0n) is 13.1. The lowest BCUT2D eigenvalue weighted by molar-refractivity contribution is -0.142.